The molecule has 0 spiro atoms. The Morgan fingerprint density at radius 1 is 1.07 bits per heavy atom. The summed E-state index contributed by atoms with van der Waals surface area (Å²) in [5.74, 6) is -2.50. The highest BCUT2D eigenvalue weighted by molar-refractivity contribution is 7.91. The highest BCUT2D eigenvalue weighted by Gasteiger charge is 2.62. The third kappa shape index (κ3) is 8.38. The number of fused-ring (bicyclic) bond motifs is 1. The molecule has 4 amide bonds. The van der Waals surface area contributed by atoms with Crippen molar-refractivity contribution in [3.05, 3.63) is 60.3 Å². The van der Waals surface area contributed by atoms with Crippen LogP contribution in [0.15, 0.2) is 55.3 Å². The largest absolute Gasteiger partial charge is 0.495 e. The molecule has 2 saturated heterocycles. The maximum absolute atomic E-state index is 14.9. The number of halogens is 1. The van der Waals surface area contributed by atoms with Crippen molar-refractivity contribution in [1.29, 1.82) is 0 Å². The first-order chi connectivity index (χ1) is 27.6. The van der Waals surface area contributed by atoms with Crippen LogP contribution in [0, 0.1) is 17.3 Å². The molecule has 14 nitrogen and oxygen atoms in total. The molecular weight excluding hydrogens is 784 g/mol. The lowest BCUT2D eigenvalue weighted by molar-refractivity contribution is -0.148. The molecule has 16 heteroatoms. The van der Waals surface area contributed by atoms with Crippen molar-refractivity contribution >= 4 is 56.2 Å². The van der Waals surface area contributed by atoms with Crippen molar-refractivity contribution in [3.63, 3.8) is 0 Å². The van der Waals surface area contributed by atoms with E-state index in [2.05, 4.69) is 21.6 Å². The monoisotopic (exact) mass is 834 g/mol. The van der Waals surface area contributed by atoms with Gasteiger partial charge in [-0.3, -0.25) is 28.9 Å². The average molecular weight is 835 g/mol. The van der Waals surface area contributed by atoms with Gasteiger partial charge < -0.3 is 24.6 Å². The van der Waals surface area contributed by atoms with E-state index in [4.69, 9.17) is 26.1 Å². The normalized spacial score (nSPS) is 23.8. The number of aromatic nitrogens is 2. The van der Waals surface area contributed by atoms with Crippen molar-refractivity contribution in [1.82, 2.24) is 29.8 Å². The zero-order valence-corrected chi connectivity index (χ0v) is 34.9. The molecule has 0 radical (unpaired) electrons. The number of carbonyl (C=O) groups excluding carboxylic acids is 4. The molecule has 5 atom stereocenters. The van der Waals surface area contributed by atoms with Crippen molar-refractivity contribution in [2.24, 2.45) is 17.3 Å². The number of rotatable bonds is 13. The van der Waals surface area contributed by atoms with Gasteiger partial charge >= 0.3 is 0 Å². The molecule has 58 heavy (non-hydrogen) atoms. The molecule has 2 saturated carbocycles. The van der Waals surface area contributed by atoms with Crippen LogP contribution in [0.1, 0.15) is 72.1 Å². The number of nitrogens with one attached hydrogen (secondary N) is 2. The number of benzene rings is 1. The van der Waals surface area contributed by atoms with Crippen LogP contribution in [0.2, 0.25) is 5.02 Å². The minimum atomic E-state index is -3.91. The molecule has 310 valence electrons. The molecular formula is C42H51ClN6O8S. The van der Waals surface area contributed by atoms with E-state index in [1.165, 1.54) is 18.1 Å². The number of likely N-dealkylation sites (tertiary alicyclic amines) is 2. The summed E-state index contributed by atoms with van der Waals surface area (Å²) >= 11 is 6.79. The summed E-state index contributed by atoms with van der Waals surface area (Å²) in [6.07, 6.45) is 6.32. The predicted octanol–water partition coefficient (Wildman–Crippen LogP) is 5.04. The number of methoxy groups -OCH3 is 1. The summed E-state index contributed by atoms with van der Waals surface area (Å²) in [4.78, 5) is 69.3. The lowest BCUT2D eigenvalue weighted by Gasteiger charge is -2.36. The Labute approximate surface area is 344 Å². The lowest BCUT2D eigenvalue weighted by Crippen LogP contribution is -2.57. The Hall–Kier alpha value is -4.76. The molecule has 4 aliphatic rings. The Morgan fingerprint density at radius 3 is 2.43 bits per heavy atom. The van der Waals surface area contributed by atoms with E-state index in [9.17, 15) is 27.6 Å². The fourth-order valence-corrected chi connectivity index (χ4v) is 9.74. The number of carbonyl (C=O) groups is 4. The first kappa shape index (κ1) is 41.4. The van der Waals surface area contributed by atoms with Gasteiger partial charge in [0.15, 0.2) is 0 Å². The molecule has 0 bridgehead atoms. The standard InChI is InChI=1S/C42H51ClN6O8S/c1-6-25-23-42(25,40(53)47-58(54,55)27-13-14-27)46-38(51)32-20-26(24-49(32)39(52)29(41(2,3)4)21-35(50)48-18-10-7-11-19-48)57-34-22-31(30-12-8-9-17-44-30)45-37-28(34)15-16-33(56-5)36(37)43/h6,8-9,12,15-17,22,25-27,29,32H,1,7,10-11,13-14,18-21,23-24H2,2-5H3,(H,46,51)(H,47,53)/t25-,26-,29?,32+,42-/m1/s1. The quantitative estimate of drug-likeness (QED) is 0.222. The van der Waals surface area contributed by atoms with E-state index >= 15 is 0 Å². The Morgan fingerprint density at radius 2 is 1.81 bits per heavy atom. The molecule has 1 aromatic carbocycles. The van der Waals surface area contributed by atoms with Gasteiger partial charge in [0.1, 0.15) is 34.2 Å². The van der Waals surface area contributed by atoms with Crippen LogP contribution in [0.25, 0.3) is 22.3 Å². The summed E-state index contributed by atoms with van der Waals surface area (Å²) in [7, 11) is -2.41. The van der Waals surface area contributed by atoms with Crippen molar-refractivity contribution in [2.75, 3.05) is 26.7 Å². The van der Waals surface area contributed by atoms with Gasteiger partial charge in [0.25, 0.3) is 5.91 Å². The molecule has 2 N–H and O–H groups in total. The van der Waals surface area contributed by atoms with Gasteiger partial charge in [-0.15, -0.1) is 6.58 Å². The van der Waals surface area contributed by atoms with Gasteiger partial charge in [0, 0.05) is 49.5 Å². The van der Waals surface area contributed by atoms with Crippen molar-refractivity contribution < 1.29 is 37.1 Å². The summed E-state index contributed by atoms with van der Waals surface area (Å²) in [5, 5.41) is 3.04. The van der Waals surface area contributed by atoms with Crippen LogP contribution >= 0.6 is 11.6 Å². The molecule has 3 aromatic rings. The number of pyridine rings is 2. The second kappa shape index (κ2) is 16.1. The van der Waals surface area contributed by atoms with E-state index in [0.717, 1.165) is 19.3 Å². The van der Waals surface area contributed by atoms with Crippen LogP contribution in [0.5, 0.6) is 11.5 Å². The number of sulfonamides is 1. The Bertz CT molecular complexity index is 2220. The third-order valence-corrected chi connectivity index (χ3v) is 14.0. The minimum Gasteiger partial charge on any atom is -0.495 e. The number of hydrogen-bond acceptors (Lipinski definition) is 10. The summed E-state index contributed by atoms with van der Waals surface area (Å²) in [6, 6.07) is 9.50. The SMILES string of the molecule is C=C[C@@H]1C[C@]1(NC(=O)[C@@H]1C[C@@H](Oc2cc(-c3ccccn3)nc3c(Cl)c(OC)ccc23)CN1C(=O)C(CC(=O)N1CCCCC1)C(C)(C)C)C(=O)NS(=O)(=O)C1CC1. The molecule has 2 aliphatic carbocycles. The van der Waals surface area contributed by atoms with Gasteiger partial charge in [0.2, 0.25) is 27.7 Å². The van der Waals surface area contributed by atoms with E-state index in [0.29, 0.717) is 59.7 Å². The zero-order chi connectivity index (χ0) is 41.6. The van der Waals surface area contributed by atoms with Gasteiger partial charge in [-0.2, -0.15) is 0 Å². The molecule has 1 unspecified atom stereocenters. The third-order valence-electron chi connectivity index (χ3n) is 11.8. The van der Waals surface area contributed by atoms with E-state index in [1.807, 2.05) is 31.7 Å². The van der Waals surface area contributed by atoms with Gasteiger partial charge in [-0.05, 0) is 68.2 Å². The highest BCUT2D eigenvalue weighted by Crippen LogP contribution is 2.46. The number of hydrogen-bond donors (Lipinski definition) is 2. The molecule has 2 aromatic heterocycles. The smallest absolute Gasteiger partial charge is 0.259 e. The summed E-state index contributed by atoms with van der Waals surface area (Å²) in [5.41, 5.74) is -0.785. The Balaban J connectivity index is 1.23. The van der Waals surface area contributed by atoms with Gasteiger partial charge in [0.05, 0.1) is 41.7 Å². The van der Waals surface area contributed by atoms with Gasteiger partial charge in [-0.25, -0.2) is 13.4 Å². The van der Waals surface area contributed by atoms with Crippen LogP contribution in [0.3, 0.4) is 0 Å². The van der Waals surface area contributed by atoms with Crippen LogP contribution in [-0.4, -0.2) is 101 Å². The summed E-state index contributed by atoms with van der Waals surface area (Å²) < 4.78 is 40.0. The second-order valence-electron chi connectivity index (χ2n) is 16.9. The van der Waals surface area contributed by atoms with Crippen molar-refractivity contribution in [3.8, 4) is 22.9 Å². The van der Waals surface area contributed by atoms with E-state index in [-0.39, 0.29) is 36.7 Å². The number of nitrogens with zero attached hydrogens (tertiary/aromatic N) is 4. The predicted molar refractivity (Wildman–Crippen MR) is 218 cm³/mol. The fraction of sp³-hybridized carbons (Fsp3) is 0.524. The van der Waals surface area contributed by atoms with Crippen molar-refractivity contribution in [2.45, 2.75) is 95.1 Å². The van der Waals surface area contributed by atoms with Crippen LogP contribution < -0.4 is 19.5 Å². The topological polar surface area (TPSA) is 177 Å². The second-order valence-corrected chi connectivity index (χ2v) is 19.3. The summed E-state index contributed by atoms with van der Waals surface area (Å²) in [6.45, 7) is 10.8. The first-order valence-electron chi connectivity index (χ1n) is 19.9. The maximum Gasteiger partial charge on any atom is 0.259 e. The highest BCUT2D eigenvalue weighted by atomic mass is 35.5. The zero-order valence-electron chi connectivity index (χ0n) is 33.3. The average Bonchev–Trinajstić information content (AvgIpc) is 4.14. The lowest BCUT2D eigenvalue weighted by atomic mass is 9.77. The molecule has 2 aliphatic heterocycles. The maximum atomic E-state index is 14.9. The molecule has 7 rings (SSSR count). The number of amides is 4. The van der Waals surface area contributed by atoms with Crippen LogP contribution in [-0.2, 0) is 29.2 Å². The minimum absolute atomic E-state index is 0.0197. The first-order valence-corrected chi connectivity index (χ1v) is 21.8. The molecule has 4 heterocycles. The number of piperidine rings is 1. The van der Waals surface area contributed by atoms with E-state index < -0.39 is 67.9 Å². The number of ether oxygens (including phenoxy) is 2. The van der Waals surface area contributed by atoms with Crippen LogP contribution in [0.4, 0.5) is 0 Å². The Kier molecular flexibility index (Phi) is 11.5. The fourth-order valence-electron chi connectivity index (χ4n) is 8.09. The van der Waals surface area contributed by atoms with Gasteiger partial charge in [-0.1, -0.05) is 44.5 Å². The molecule has 4 fully saturated rings. The van der Waals surface area contributed by atoms with E-state index in [1.54, 1.807) is 36.5 Å².